The fourth-order valence-electron chi connectivity index (χ4n) is 2.85. The molecule has 28 heavy (non-hydrogen) atoms. The zero-order chi connectivity index (χ0) is 21.1. The van der Waals surface area contributed by atoms with E-state index in [0.717, 1.165) is 32.1 Å². The Hall–Kier alpha value is -0.460. The number of unbranched alkanes of at least 4 members (excludes halogenated alkanes) is 9. The van der Waals surface area contributed by atoms with Crippen LogP contribution < -0.4 is 5.11 Å². The van der Waals surface area contributed by atoms with Gasteiger partial charge >= 0.3 is 7.82 Å². The molecule has 0 aliphatic rings. The van der Waals surface area contributed by atoms with Gasteiger partial charge in [-0.2, -0.15) is 0 Å². The summed E-state index contributed by atoms with van der Waals surface area (Å²) in [5.74, 6) is -0.170. The standard InChI is InChI=1S/C20H42NO6P/c1-3-5-7-8-9-10-11-12-13-15-20(23)21-19(14-6-4-2)18-27-28(24,25)26-17-16-22/h19,22H,3-18H2,1-2H3,(H,21,23)(H,24,25)/p-1. The number of phosphoric ester groups is 1. The SMILES string of the molecule is CCCCCCCCCCCC([O-])=NC(CCCC)COP(=O)(O)OCCO. The molecule has 0 aliphatic carbocycles. The van der Waals surface area contributed by atoms with Gasteiger partial charge < -0.3 is 15.1 Å². The zero-order valence-electron chi connectivity index (χ0n) is 17.8. The number of phosphoric acid groups is 1. The normalized spacial score (nSPS) is 15.5. The van der Waals surface area contributed by atoms with Crippen LogP contribution in [0.1, 0.15) is 97.3 Å². The molecule has 0 amide bonds. The fraction of sp³-hybridized carbons (Fsp3) is 0.950. The van der Waals surface area contributed by atoms with Gasteiger partial charge in [0.25, 0.3) is 0 Å². The van der Waals surface area contributed by atoms with E-state index in [1.54, 1.807) is 0 Å². The highest BCUT2D eigenvalue weighted by Gasteiger charge is 2.22. The van der Waals surface area contributed by atoms with E-state index in [-0.39, 0.29) is 25.7 Å². The van der Waals surface area contributed by atoms with Gasteiger partial charge in [-0.3, -0.25) is 14.0 Å². The van der Waals surface area contributed by atoms with Gasteiger partial charge in [-0.25, -0.2) is 4.57 Å². The molecule has 2 N–H and O–H groups in total. The van der Waals surface area contributed by atoms with Crippen molar-refractivity contribution in [2.75, 3.05) is 19.8 Å². The first-order chi connectivity index (χ1) is 13.4. The Labute approximate surface area is 171 Å². The molecule has 7 nitrogen and oxygen atoms in total. The Morgan fingerprint density at radius 3 is 2.11 bits per heavy atom. The van der Waals surface area contributed by atoms with Crippen LogP contribution in [0.4, 0.5) is 0 Å². The van der Waals surface area contributed by atoms with Crippen molar-refractivity contribution in [3.8, 4) is 0 Å². The van der Waals surface area contributed by atoms with E-state index in [9.17, 15) is 14.6 Å². The summed E-state index contributed by atoms with van der Waals surface area (Å²) in [5, 5.41) is 20.8. The highest BCUT2D eigenvalue weighted by Crippen LogP contribution is 2.43. The predicted octanol–water partition coefficient (Wildman–Crippen LogP) is 4.35. The van der Waals surface area contributed by atoms with Crippen LogP contribution in [-0.2, 0) is 13.6 Å². The van der Waals surface area contributed by atoms with Gasteiger partial charge in [-0.15, -0.1) is 0 Å². The summed E-state index contributed by atoms with van der Waals surface area (Å²) < 4.78 is 21.2. The summed E-state index contributed by atoms with van der Waals surface area (Å²) >= 11 is 0. The second kappa shape index (κ2) is 18.6. The van der Waals surface area contributed by atoms with Gasteiger partial charge in [0.05, 0.1) is 25.9 Å². The van der Waals surface area contributed by atoms with Crippen molar-refractivity contribution in [1.29, 1.82) is 0 Å². The second-order valence-electron chi connectivity index (χ2n) is 7.22. The Bertz CT molecular complexity index is 433. The first-order valence-corrected chi connectivity index (χ1v) is 12.4. The molecule has 0 bridgehead atoms. The number of rotatable bonds is 20. The number of aliphatic hydroxyl groups excluding tert-OH is 1. The Morgan fingerprint density at radius 1 is 0.964 bits per heavy atom. The lowest BCUT2D eigenvalue weighted by atomic mass is 10.1. The summed E-state index contributed by atoms with van der Waals surface area (Å²) in [5.41, 5.74) is 0. The first kappa shape index (κ1) is 27.5. The lowest BCUT2D eigenvalue weighted by Crippen LogP contribution is -2.23. The molecule has 0 aliphatic heterocycles. The van der Waals surface area contributed by atoms with E-state index in [2.05, 4.69) is 16.4 Å². The van der Waals surface area contributed by atoms with E-state index >= 15 is 0 Å². The molecule has 0 saturated carbocycles. The van der Waals surface area contributed by atoms with Gasteiger partial charge in [0.1, 0.15) is 0 Å². The van der Waals surface area contributed by atoms with Gasteiger partial charge in [0.2, 0.25) is 0 Å². The molecule has 0 spiro atoms. The lowest BCUT2D eigenvalue weighted by Gasteiger charge is -2.19. The molecular formula is C20H41NO6P-. The topological polar surface area (TPSA) is 111 Å². The van der Waals surface area contributed by atoms with E-state index < -0.39 is 13.9 Å². The Kier molecular flexibility index (Phi) is 18.3. The van der Waals surface area contributed by atoms with E-state index in [1.165, 1.54) is 38.5 Å². The minimum atomic E-state index is -4.21. The van der Waals surface area contributed by atoms with Gasteiger partial charge in [-0.1, -0.05) is 78.1 Å². The monoisotopic (exact) mass is 422 g/mol. The summed E-state index contributed by atoms with van der Waals surface area (Å²) in [6.45, 7) is 3.47. The highest BCUT2D eigenvalue weighted by molar-refractivity contribution is 7.47. The van der Waals surface area contributed by atoms with E-state index in [0.29, 0.717) is 12.8 Å². The number of hydrogen-bond donors (Lipinski definition) is 2. The van der Waals surface area contributed by atoms with Gasteiger partial charge in [-0.05, 0) is 25.2 Å². The third-order valence-corrected chi connectivity index (χ3v) is 5.47. The van der Waals surface area contributed by atoms with Crippen molar-refractivity contribution in [2.24, 2.45) is 4.99 Å². The summed E-state index contributed by atoms with van der Waals surface area (Å²) in [6.07, 6.45) is 13.6. The van der Waals surface area contributed by atoms with Crippen molar-refractivity contribution in [3.05, 3.63) is 0 Å². The maximum atomic E-state index is 12.1. The van der Waals surface area contributed by atoms with Crippen molar-refractivity contribution in [2.45, 2.75) is 103 Å². The molecular weight excluding hydrogens is 381 g/mol. The summed E-state index contributed by atoms with van der Waals surface area (Å²) in [7, 11) is -4.21. The van der Waals surface area contributed by atoms with Crippen LogP contribution in [0.15, 0.2) is 4.99 Å². The molecule has 0 heterocycles. The van der Waals surface area contributed by atoms with Crippen LogP contribution in [0.5, 0.6) is 0 Å². The largest absolute Gasteiger partial charge is 0.862 e. The quantitative estimate of drug-likeness (QED) is 0.131. The highest BCUT2D eigenvalue weighted by atomic mass is 31.2. The molecule has 0 radical (unpaired) electrons. The van der Waals surface area contributed by atoms with Crippen LogP contribution in [0.2, 0.25) is 0 Å². The number of aliphatic imine (C=N–C) groups is 1. The van der Waals surface area contributed by atoms with Crippen LogP contribution in [-0.4, -0.2) is 41.8 Å². The molecule has 2 unspecified atom stereocenters. The second-order valence-corrected chi connectivity index (χ2v) is 8.67. The molecule has 0 rings (SSSR count). The van der Waals surface area contributed by atoms with E-state index in [1.807, 2.05) is 6.92 Å². The van der Waals surface area contributed by atoms with Gasteiger partial charge in [0, 0.05) is 0 Å². The maximum absolute atomic E-state index is 12.1. The molecule has 0 aromatic rings. The number of nitrogens with zero attached hydrogens (tertiary/aromatic N) is 1. The van der Waals surface area contributed by atoms with Crippen LogP contribution in [0.25, 0.3) is 0 Å². The lowest BCUT2D eigenvalue weighted by molar-refractivity contribution is -0.219. The van der Waals surface area contributed by atoms with Crippen LogP contribution >= 0.6 is 7.82 Å². The first-order valence-electron chi connectivity index (χ1n) is 10.9. The molecule has 168 valence electrons. The minimum absolute atomic E-state index is 0.136. The third kappa shape index (κ3) is 17.6. The van der Waals surface area contributed by atoms with Crippen molar-refractivity contribution in [1.82, 2.24) is 0 Å². The molecule has 0 saturated heterocycles. The molecule has 0 aromatic carbocycles. The average Bonchev–Trinajstić information content (AvgIpc) is 2.67. The third-order valence-electron chi connectivity index (χ3n) is 4.49. The summed E-state index contributed by atoms with van der Waals surface area (Å²) in [4.78, 5) is 13.7. The van der Waals surface area contributed by atoms with Crippen LogP contribution in [0, 0.1) is 0 Å². The Balaban J connectivity index is 4.15. The van der Waals surface area contributed by atoms with Crippen molar-refractivity contribution >= 4 is 13.7 Å². The molecule has 0 fully saturated rings. The fourth-order valence-corrected chi connectivity index (χ4v) is 3.60. The smallest absolute Gasteiger partial charge is 0.472 e. The van der Waals surface area contributed by atoms with Crippen molar-refractivity contribution in [3.63, 3.8) is 0 Å². The molecule has 0 aromatic heterocycles. The van der Waals surface area contributed by atoms with Gasteiger partial charge in [0.15, 0.2) is 0 Å². The summed E-state index contributed by atoms with van der Waals surface area (Å²) in [6, 6.07) is -0.441. The zero-order valence-corrected chi connectivity index (χ0v) is 18.7. The number of aliphatic hydroxyl groups is 1. The van der Waals surface area contributed by atoms with Crippen LogP contribution in [0.3, 0.4) is 0 Å². The van der Waals surface area contributed by atoms with E-state index in [4.69, 9.17) is 9.63 Å². The number of hydrogen-bond acceptors (Lipinski definition) is 6. The Morgan fingerprint density at radius 2 is 1.54 bits per heavy atom. The maximum Gasteiger partial charge on any atom is 0.472 e. The molecule has 8 heteroatoms. The minimum Gasteiger partial charge on any atom is -0.862 e. The van der Waals surface area contributed by atoms with Crippen molar-refractivity contribution < 1.29 is 28.7 Å². The predicted molar refractivity (Wildman–Crippen MR) is 111 cm³/mol. The average molecular weight is 423 g/mol. The molecule has 2 atom stereocenters.